The number of nitrogens with two attached hydrogens (primary N) is 1. The van der Waals surface area contributed by atoms with Crippen molar-refractivity contribution < 1.29 is 14.1 Å². The van der Waals surface area contributed by atoms with Crippen LogP contribution in [0.2, 0.25) is 0 Å². The predicted octanol–water partition coefficient (Wildman–Crippen LogP) is 0.563. The molecule has 0 radical (unpaired) electrons. The predicted molar refractivity (Wildman–Crippen MR) is 56.9 cm³/mol. The van der Waals surface area contributed by atoms with E-state index in [1.165, 1.54) is 0 Å². The maximum absolute atomic E-state index is 13.3. The van der Waals surface area contributed by atoms with Crippen molar-refractivity contribution in [3.05, 3.63) is 39.7 Å². The van der Waals surface area contributed by atoms with Crippen molar-refractivity contribution in [1.29, 1.82) is 0 Å². The Labute approximate surface area is 95.8 Å². The van der Waals surface area contributed by atoms with Gasteiger partial charge < -0.3 is 11.1 Å². The van der Waals surface area contributed by atoms with E-state index in [9.17, 15) is 19.3 Å². The van der Waals surface area contributed by atoms with Crippen LogP contribution in [0.3, 0.4) is 0 Å². The summed E-state index contributed by atoms with van der Waals surface area (Å²) >= 11 is 0. The summed E-state index contributed by atoms with van der Waals surface area (Å²) in [4.78, 5) is 21.4. The van der Waals surface area contributed by atoms with E-state index in [4.69, 9.17) is 5.73 Å². The Morgan fingerprint density at radius 2 is 2.24 bits per heavy atom. The van der Waals surface area contributed by atoms with Crippen molar-refractivity contribution >= 4 is 11.6 Å². The van der Waals surface area contributed by atoms with Crippen LogP contribution in [0.1, 0.15) is 16.8 Å². The fourth-order valence-corrected chi connectivity index (χ4v) is 1.43. The number of hydrogen-bond donors (Lipinski definition) is 2. The molecule has 1 aromatic rings. The average molecular weight is 239 g/mol. The largest absolute Gasteiger partial charge is 0.348 e. The van der Waals surface area contributed by atoms with Gasteiger partial charge in [-0.15, -0.1) is 0 Å². The maximum Gasteiger partial charge on any atom is 0.270 e. The smallest absolute Gasteiger partial charge is 0.270 e. The van der Waals surface area contributed by atoms with Gasteiger partial charge in [0.1, 0.15) is 5.82 Å². The third kappa shape index (κ3) is 2.39. The van der Waals surface area contributed by atoms with Gasteiger partial charge in [0.05, 0.1) is 10.5 Å². The van der Waals surface area contributed by atoms with Crippen molar-refractivity contribution in [1.82, 2.24) is 5.32 Å². The Morgan fingerprint density at radius 1 is 1.59 bits per heavy atom. The van der Waals surface area contributed by atoms with Gasteiger partial charge in [-0.05, 0) is 12.5 Å². The van der Waals surface area contributed by atoms with Gasteiger partial charge in [-0.1, -0.05) is 0 Å². The minimum atomic E-state index is -0.790. The van der Waals surface area contributed by atoms with Crippen LogP contribution in [0.15, 0.2) is 18.2 Å². The van der Waals surface area contributed by atoms with Crippen LogP contribution in [0, 0.1) is 15.9 Å². The number of halogens is 1. The molecule has 2 rings (SSSR count). The molecule has 1 aliphatic carbocycles. The number of nitro benzene ring substituents is 1. The van der Waals surface area contributed by atoms with Crippen molar-refractivity contribution in [3.63, 3.8) is 0 Å². The highest BCUT2D eigenvalue weighted by Crippen LogP contribution is 2.21. The van der Waals surface area contributed by atoms with Crippen molar-refractivity contribution in [3.8, 4) is 0 Å². The molecule has 90 valence electrons. The van der Waals surface area contributed by atoms with Gasteiger partial charge in [0.25, 0.3) is 11.6 Å². The summed E-state index contributed by atoms with van der Waals surface area (Å²) in [5.74, 6) is -1.47. The molecule has 3 N–H and O–H groups in total. The molecule has 1 saturated carbocycles. The van der Waals surface area contributed by atoms with Crippen LogP contribution >= 0.6 is 0 Å². The Morgan fingerprint density at radius 3 is 2.76 bits per heavy atom. The maximum atomic E-state index is 13.3. The molecule has 0 aliphatic heterocycles. The van der Waals surface area contributed by atoms with E-state index >= 15 is 0 Å². The van der Waals surface area contributed by atoms with Gasteiger partial charge >= 0.3 is 0 Å². The molecule has 1 amide bonds. The summed E-state index contributed by atoms with van der Waals surface area (Å²) in [5, 5.41) is 13.0. The zero-order chi connectivity index (χ0) is 12.6. The highest BCUT2D eigenvalue weighted by Gasteiger charge is 2.35. The zero-order valence-corrected chi connectivity index (χ0v) is 8.72. The normalized spacial score (nSPS) is 22.0. The van der Waals surface area contributed by atoms with Gasteiger partial charge in [0.2, 0.25) is 0 Å². The van der Waals surface area contributed by atoms with Gasteiger partial charge in [0, 0.05) is 24.2 Å². The first-order chi connectivity index (χ1) is 7.99. The fraction of sp³-hybridized carbons (Fsp3) is 0.300. The summed E-state index contributed by atoms with van der Waals surface area (Å²) in [6.07, 6.45) is 0.641. The van der Waals surface area contributed by atoms with E-state index in [1.54, 1.807) is 0 Å². The Bertz CT molecular complexity index is 492. The molecule has 0 heterocycles. The first-order valence-electron chi connectivity index (χ1n) is 4.99. The van der Waals surface area contributed by atoms with Gasteiger partial charge in [0.15, 0.2) is 0 Å². The standard InChI is InChI=1S/C10H10FN3O3/c11-7-2-1-5(14(16)17)3-6(7)10(15)13-9-4-8(9)12/h1-3,8-9H,4,12H2,(H,13,15). The molecule has 1 aliphatic rings. The quantitative estimate of drug-likeness (QED) is 0.594. The van der Waals surface area contributed by atoms with Gasteiger partial charge in [-0.3, -0.25) is 14.9 Å². The minimum absolute atomic E-state index is 0.110. The first-order valence-corrected chi connectivity index (χ1v) is 4.99. The fourth-order valence-electron chi connectivity index (χ4n) is 1.43. The number of rotatable bonds is 3. The molecular formula is C10H10FN3O3. The summed E-state index contributed by atoms with van der Waals surface area (Å²) < 4.78 is 13.3. The van der Waals surface area contributed by atoms with E-state index in [2.05, 4.69) is 5.32 Å². The number of hydrogen-bond acceptors (Lipinski definition) is 4. The van der Waals surface area contributed by atoms with E-state index < -0.39 is 16.6 Å². The first kappa shape index (κ1) is 11.5. The van der Waals surface area contributed by atoms with Crippen LogP contribution in [-0.4, -0.2) is 22.9 Å². The third-order valence-electron chi connectivity index (χ3n) is 2.56. The van der Waals surface area contributed by atoms with Gasteiger partial charge in [-0.2, -0.15) is 0 Å². The molecule has 2 atom stereocenters. The molecule has 1 aromatic carbocycles. The van der Waals surface area contributed by atoms with Crippen molar-refractivity contribution in [2.45, 2.75) is 18.5 Å². The lowest BCUT2D eigenvalue weighted by atomic mass is 10.1. The van der Waals surface area contributed by atoms with Crippen LogP contribution in [-0.2, 0) is 0 Å². The van der Waals surface area contributed by atoms with E-state index in [1.807, 2.05) is 0 Å². The lowest BCUT2D eigenvalue weighted by Gasteiger charge is -2.04. The summed E-state index contributed by atoms with van der Waals surface area (Å²) in [7, 11) is 0. The van der Waals surface area contributed by atoms with Crippen LogP contribution in [0.5, 0.6) is 0 Å². The van der Waals surface area contributed by atoms with Gasteiger partial charge in [-0.25, -0.2) is 4.39 Å². The second-order valence-corrected chi connectivity index (χ2v) is 3.90. The van der Waals surface area contributed by atoms with Crippen LogP contribution in [0.25, 0.3) is 0 Å². The molecule has 17 heavy (non-hydrogen) atoms. The number of carbonyl (C=O) groups excluding carboxylic acids is 1. The highest BCUT2D eigenvalue weighted by molar-refractivity contribution is 5.95. The summed E-state index contributed by atoms with van der Waals surface area (Å²) in [6.45, 7) is 0. The number of nitro groups is 1. The molecule has 0 spiro atoms. The van der Waals surface area contributed by atoms with Crippen LogP contribution < -0.4 is 11.1 Å². The monoisotopic (exact) mass is 239 g/mol. The third-order valence-corrected chi connectivity index (χ3v) is 2.56. The van der Waals surface area contributed by atoms with E-state index in [-0.39, 0.29) is 23.3 Å². The number of benzene rings is 1. The topological polar surface area (TPSA) is 98.3 Å². The molecule has 6 nitrogen and oxygen atoms in total. The average Bonchev–Trinajstić information content (AvgIpc) is 2.94. The van der Waals surface area contributed by atoms with E-state index in [0.29, 0.717) is 6.42 Å². The summed E-state index contributed by atoms with van der Waals surface area (Å²) in [6, 6.07) is 2.55. The number of carbonyl (C=O) groups is 1. The van der Waals surface area contributed by atoms with E-state index in [0.717, 1.165) is 18.2 Å². The molecule has 0 bridgehead atoms. The van der Waals surface area contributed by atoms with Crippen LogP contribution in [0.4, 0.5) is 10.1 Å². The Balaban J connectivity index is 2.21. The Kier molecular flexibility index (Phi) is 2.76. The molecule has 7 heteroatoms. The number of nitrogens with zero attached hydrogens (tertiary/aromatic N) is 1. The Hall–Kier alpha value is -2.02. The molecule has 0 saturated heterocycles. The number of non-ortho nitro benzene ring substituents is 1. The lowest BCUT2D eigenvalue weighted by Crippen LogP contribution is -2.30. The molecule has 2 unspecified atom stereocenters. The van der Waals surface area contributed by atoms with Crippen molar-refractivity contribution in [2.24, 2.45) is 5.73 Å². The highest BCUT2D eigenvalue weighted by atomic mass is 19.1. The minimum Gasteiger partial charge on any atom is -0.348 e. The second kappa shape index (κ2) is 4.10. The molecular weight excluding hydrogens is 229 g/mol. The number of nitrogens with one attached hydrogen (secondary N) is 1. The number of amides is 1. The zero-order valence-electron chi connectivity index (χ0n) is 8.72. The molecule has 1 fully saturated rings. The molecule has 0 aromatic heterocycles. The lowest BCUT2D eigenvalue weighted by molar-refractivity contribution is -0.384. The second-order valence-electron chi connectivity index (χ2n) is 3.90. The van der Waals surface area contributed by atoms with Crippen molar-refractivity contribution in [2.75, 3.05) is 0 Å². The summed E-state index contributed by atoms with van der Waals surface area (Å²) in [5.41, 5.74) is 4.83. The SMILES string of the molecule is NC1CC1NC(=O)c1cc([N+](=O)[O-])ccc1F.